The lowest BCUT2D eigenvalue weighted by molar-refractivity contribution is -0.137. The lowest BCUT2D eigenvalue weighted by Crippen LogP contribution is -2.27. The van der Waals surface area contributed by atoms with Crippen LogP contribution in [-0.2, 0) is 4.79 Å². The molecule has 0 spiro atoms. The van der Waals surface area contributed by atoms with Gasteiger partial charge in [-0.15, -0.1) is 0 Å². The summed E-state index contributed by atoms with van der Waals surface area (Å²) >= 11 is 0. The van der Waals surface area contributed by atoms with Crippen molar-refractivity contribution in [1.29, 1.82) is 0 Å². The molecule has 0 heterocycles. The van der Waals surface area contributed by atoms with E-state index in [1.165, 1.54) is 0 Å². The van der Waals surface area contributed by atoms with Crippen LogP contribution in [0.4, 0.5) is 5.69 Å². The van der Waals surface area contributed by atoms with Crippen molar-refractivity contribution in [2.45, 2.75) is 31.8 Å². The van der Waals surface area contributed by atoms with Crippen LogP contribution in [0.5, 0.6) is 0 Å². The maximum absolute atomic E-state index is 11.8. The minimum absolute atomic E-state index is 0.107. The Kier molecular flexibility index (Phi) is 3.50. The molecule has 1 aromatic carbocycles. The van der Waals surface area contributed by atoms with Crippen LogP contribution < -0.4 is 10.6 Å². The highest BCUT2D eigenvalue weighted by atomic mass is 16.4. The summed E-state index contributed by atoms with van der Waals surface area (Å²) in [6.45, 7) is 1.55. The zero-order chi connectivity index (χ0) is 13.1. The van der Waals surface area contributed by atoms with E-state index in [2.05, 4.69) is 10.6 Å². The maximum atomic E-state index is 11.8. The van der Waals surface area contributed by atoms with E-state index in [9.17, 15) is 9.59 Å². The van der Waals surface area contributed by atoms with Gasteiger partial charge >= 0.3 is 5.97 Å². The molecule has 5 heteroatoms. The minimum Gasteiger partial charge on any atom is -0.480 e. The first-order chi connectivity index (χ1) is 8.56. The molecule has 1 aliphatic rings. The molecule has 1 aliphatic carbocycles. The topological polar surface area (TPSA) is 78.4 Å². The van der Waals surface area contributed by atoms with E-state index < -0.39 is 12.0 Å². The van der Waals surface area contributed by atoms with Crippen LogP contribution in [-0.4, -0.2) is 29.1 Å². The highest BCUT2D eigenvalue weighted by Crippen LogP contribution is 2.20. The number of carboxylic acid groups (broad SMARTS) is 1. The monoisotopic (exact) mass is 248 g/mol. The van der Waals surface area contributed by atoms with E-state index >= 15 is 0 Å². The SMILES string of the molecule is CC(Nc1cccc(C(=O)NC2CC2)c1)C(=O)O. The lowest BCUT2D eigenvalue weighted by atomic mass is 10.1. The summed E-state index contributed by atoms with van der Waals surface area (Å²) in [5, 5.41) is 14.5. The van der Waals surface area contributed by atoms with Gasteiger partial charge in [-0.25, -0.2) is 0 Å². The van der Waals surface area contributed by atoms with Crippen LogP contribution in [0.1, 0.15) is 30.1 Å². The molecule has 1 unspecified atom stereocenters. The van der Waals surface area contributed by atoms with Crippen molar-refractivity contribution in [2.24, 2.45) is 0 Å². The summed E-state index contributed by atoms with van der Waals surface area (Å²) in [6, 6.07) is 6.48. The van der Waals surface area contributed by atoms with Crippen LogP contribution in [0, 0.1) is 0 Å². The van der Waals surface area contributed by atoms with Crippen LogP contribution >= 0.6 is 0 Å². The molecule has 0 aliphatic heterocycles. The van der Waals surface area contributed by atoms with Gasteiger partial charge in [0.2, 0.25) is 0 Å². The fourth-order valence-corrected chi connectivity index (χ4v) is 1.56. The fraction of sp³-hybridized carbons (Fsp3) is 0.385. The molecule has 1 amide bonds. The maximum Gasteiger partial charge on any atom is 0.325 e. The van der Waals surface area contributed by atoms with Gasteiger partial charge in [0.1, 0.15) is 6.04 Å². The molecule has 1 atom stereocenters. The molecule has 0 aromatic heterocycles. The van der Waals surface area contributed by atoms with Crippen molar-refractivity contribution in [3.8, 4) is 0 Å². The average Bonchev–Trinajstić information content (AvgIpc) is 3.13. The number of anilines is 1. The summed E-state index contributed by atoms with van der Waals surface area (Å²) < 4.78 is 0. The number of carboxylic acids is 1. The third-order valence-electron chi connectivity index (χ3n) is 2.79. The lowest BCUT2D eigenvalue weighted by Gasteiger charge is -2.11. The predicted octanol–water partition coefficient (Wildman–Crippen LogP) is 1.46. The molecule has 1 aromatic rings. The van der Waals surface area contributed by atoms with Gasteiger partial charge in [-0.3, -0.25) is 9.59 Å². The summed E-state index contributed by atoms with van der Waals surface area (Å²) in [4.78, 5) is 22.5. The average molecular weight is 248 g/mol. The minimum atomic E-state index is -0.928. The molecule has 96 valence electrons. The van der Waals surface area contributed by atoms with Gasteiger partial charge in [0.25, 0.3) is 5.91 Å². The number of carbonyl (C=O) groups excluding carboxylic acids is 1. The quantitative estimate of drug-likeness (QED) is 0.737. The number of carbonyl (C=O) groups is 2. The standard InChI is InChI=1S/C13H16N2O3/c1-8(13(17)18)14-11-4-2-3-9(7-11)12(16)15-10-5-6-10/h2-4,7-8,10,14H,5-6H2,1H3,(H,15,16)(H,17,18). The van der Waals surface area contributed by atoms with E-state index in [0.717, 1.165) is 12.8 Å². The largest absolute Gasteiger partial charge is 0.480 e. The first-order valence-corrected chi connectivity index (χ1v) is 5.96. The van der Waals surface area contributed by atoms with Gasteiger partial charge in [0, 0.05) is 17.3 Å². The Morgan fingerprint density at radius 2 is 2.11 bits per heavy atom. The Bertz CT molecular complexity index is 469. The molecule has 1 saturated carbocycles. The smallest absolute Gasteiger partial charge is 0.325 e. The molecule has 3 N–H and O–H groups in total. The van der Waals surface area contributed by atoms with Crippen molar-refractivity contribution >= 4 is 17.6 Å². The van der Waals surface area contributed by atoms with Crippen LogP contribution in [0.3, 0.4) is 0 Å². The predicted molar refractivity (Wildman–Crippen MR) is 67.7 cm³/mol. The fourth-order valence-electron chi connectivity index (χ4n) is 1.56. The number of hydrogen-bond donors (Lipinski definition) is 3. The van der Waals surface area contributed by atoms with E-state index in [1.807, 2.05) is 0 Å². The van der Waals surface area contributed by atoms with E-state index in [1.54, 1.807) is 31.2 Å². The van der Waals surface area contributed by atoms with Crippen molar-refractivity contribution in [2.75, 3.05) is 5.32 Å². The Hall–Kier alpha value is -2.04. The van der Waals surface area contributed by atoms with E-state index in [4.69, 9.17) is 5.11 Å². The number of rotatable bonds is 5. The van der Waals surface area contributed by atoms with E-state index in [0.29, 0.717) is 17.3 Å². The molecule has 2 rings (SSSR count). The Morgan fingerprint density at radius 3 is 2.72 bits per heavy atom. The summed E-state index contributed by atoms with van der Waals surface area (Å²) in [5.74, 6) is -1.04. The number of benzene rings is 1. The van der Waals surface area contributed by atoms with Crippen LogP contribution in [0.15, 0.2) is 24.3 Å². The molecule has 0 bridgehead atoms. The first-order valence-electron chi connectivity index (χ1n) is 5.96. The van der Waals surface area contributed by atoms with Crippen LogP contribution in [0.25, 0.3) is 0 Å². The van der Waals surface area contributed by atoms with Gasteiger partial charge in [0.05, 0.1) is 0 Å². The van der Waals surface area contributed by atoms with Gasteiger partial charge in [-0.05, 0) is 38.0 Å². The van der Waals surface area contributed by atoms with Gasteiger partial charge in [-0.2, -0.15) is 0 Å². The van der Waals surface area contributed by atoms with Crippen molar-refractivity contribution in [1.82, 2.24) is 5.32 Å². The highest BCUT2D eigenvalue weighted by Gasteiger charge is 2.23. The molecular formula is C13H16N2O3. The number of amides is 1. The number of hydrogen-bond acceptors (Lipinski definition) is 3. The zero-order valence-corrected chi connectivity index (χ0v) is 10.1. The third kappa shape index (κ3) is 3.23. The van der Waals surface area contributed by atoms with Crippen LogP contribution in [0.2, 0.25) is 0 Å². The second kappa shape index (κ2) is 5.08. The highest BCUT2D eigenvalue weighted by molar-refractivity contribution is 5.95. The molecule has 1 fully saturated rings. The number of nitrogens with one attached hydrogen (secondary N) is 2. The molecule has 0 radical (unpaired) electrons. The summed E-state index contributed by atoms with van der Waals surface area (Å²) in [6.07, 6.45) is 2.08. The first kappa shape index (κ1) is 12.4. The molecule has 5 nitrogen and oxygen atoms in total. The Labute approximate surface area is 105 Å². The Balaban J connectivity index is 2.04. The van der Waals surface area contributed by atoms with Crippen molar-refractivity contribution in [3.63, 3.8) is 0 Å². The van der Waals surface area contributed by atoms with Gasteiger partial charge in [-0.1, -0.05) is 6.07 Å². The molecule has 18 heavy (non-hydrogen) atoms. The summed E-state index contributed by atoms with van der Waals surface area (Å²) in [7, 11) is 0. The third-order valence-corrected chi connectivity index (χ3v) is 2.79. The Morgan fingerprint density at radius 1 is 1.39 bits per heavy atom. The van der Waals surface area contributed by atoms with Gasteiger partial charge < -0.3 is 15.7 Å². The second-order valence-corrected chi connectivity index (χ2v) is 4.53. The van der Waals surface area contributed by atoms with E-state index in [-0.39, 0.29) is 5.91 Å². The molecular weight excluding hydrogens is 232 g/mol. The molecule has 0 saturated heterocycles. The van der Waals surface area contributed by atoms with Gasteiger partial charge in [0.15, 0.2) is 0 Å². The zero-order valence-electron chi connectivity index (χ0n) is 10.1. The number of aliphatic carboxylic acids is 1. The summed E-state index contributed by atoms with van der Waals surface area (Å²) in [5.41, 5.74) is 1.18. The normalized spacial score (nSPS) is 15.8. The second-order valence-electron chi connectivity index (χ2n) is 4.53. The van der Waals surface area contributed by atoms with Crippen molar-refractivity contribution < 1.29 is 14.7 Å². The van der Waals surface area contributed by atoms with Crippen molar-refractivity contribution in [3.05, 3.63) is 29.8 Å².